The average molecular weight is 256 g/mol. The number of nitrogens with one attached hydrogen (secondary N) is 1. The van der Waals surface area contributed by atoms with Crippen molar-refractivity contribution in [1.29, 1.82) is 0 Å². The van der Waals surface area contributed by atoms with Gasteiger partial charge in [0.15, 0.2) is 0 Å². The van der Waals surface area contributed by atoms with E-state index in [1.807, 2.05) is 0 Å². The molecule has 2 saturated heterocycles. The normalized spacial score (nSPS) is 28.1. The highest BCUT2D eigenvalue weighted by molar-refractivity contribution is 7.99. The minimum atomic E-state index is 0.756. The van der Waals surface area contributed by atoms with Gasteiger partial charge < -0.3 is 5.32 Å². The fourth-order valence-corrected chi connectivity index (χ4v) is 4.32. The molecule has 0 spiro atoms. The smallest absolute Gasteiger partial charge is 0.0243 e. The molecule has 2 unspecified atom stereocenters. The Kier molecular flexibility index (Phi) is 5.64. The van der Waals surface area contributed by atoms with Gasteiger partial charge in [0.05, 0.1) is 0 Å². The minimum Gasteiger partial charge on any atom is -0.315 e. The lowest BCUT2D eigenvalue weighted by Crippen LogP contribution is -2.45. The highest BCUT2D eigenvalue weighted by atomic mass is 32.2. The summed E-state index contributed by atoms with van der Waals surface area (Å²) in [5.41, 5.74) is 0. The Labute approximate surface area is 111 Å². The van der Waals surface area contributed by atoms with Crippen molar-refractivity contribution in [3.05, 3.63) is 0 Å². The second-order valence-electron chi connectivity index (χ2n) is 5.94. The maximum Gasteiger partial charge on any atom is 0.0243 e. The quantitative estimate of drug-likeness (QED) is 0.786. The predicted octanol–water partition coefficient (Wildman–Crippen LogP) is 2.45. The molecule has 2 aliphatic heterocycles. The van der Waals surface area contributed by atoms with Gasteiger partial charge in [0.2, 0.25) is 0 Å². The van der Waals surface area contributed by atoms with E-state index in [1.165, 1.54) is 56.9 Å². The number of hydrogen-bond donors (Lipinski definition) is 1. The molecule has 2 atom stereocenters. The molecule has 2 heterocycles. The number of likely N-dealkylation sites (tertiary alicyclic amines) is 1. The van der Waals surface area contributed by atoms with Crippen molar-refractivity contribution in [2.45, 2.75) is 39.2 Å². The first-order chi connectivity index (χ1) is 8.27. The molecule has 0 radical (unpaired) electrons. The van der Waals surface area contributed by atoms with Gasteiger partial charge in [0, 0.05) is 12.6 Å². The summed E-state index contributed by atoms with van der Waals surface area (Å²) in [5.74, 6) is 4.47. The molecule has 1 N–H and O–H groups in total. The van der Waals surface area contributed by atoms with Crippen LogP contribution in [-0.4, -0.2) is 48.6 Å². The molecule has 0 amide bonds. The van der Waals surface area contributed by atoms with E-state index in [1.54, 1.807) is 0 Å². The van der Waals surface area contributed by atoms with Gasteiger partial charge in [-0.3, -0.25) is 4.90 Å². The number of thioether (sulfide) groups is 1. The number of rotatable bonds is 6. The molecule has 0 saturated carbocycles. The lowest BCUT2D eigenvalue weighted by atomic mass is 10.0. The van der Waals surface area contributed by atoms with Crippen LogP contribution in [0.5, 0.6) is 0 Å². The summed E-state index contributed by atoms with van der Waals surface area (Å²) < 4.78 is 0. The van der Waals surface area contributed by atoms with Crippen LogP contribution in [0.15, 0.2) is 0 Å². The Balaban J connectivity index is 1.69. The average Bonchev–Trinajstić information content (AvgIpc) is 2.96. The Morgan fingerprint density at radius 3 is 2.65 bits per heavy atom. The topological polar surface area (TPSA) is 15.3 Å². The van der Waals surface area contributed by atoms with Crippen molar-refractivity contribution >= 4 is 11.8 Å². The maximum absolute atomic E-state index is 3.73. The Bertz CT molecular complexity index is 208. The third kappa shape index (κ3) is 4.15. The molecule has 2 aliphatic rings. The summed E-state index contributed by atoms with van der Waals surface area (Å²) in [6.07, 6.45) is 4.23. The third-order valence-corrected chi connectivity index (χ3v) is 5.42. The van der Waals surface area contributed by atoms with Crippen LogP contribution >= 0.6 is 11.8 Å². The molecular formula is C14H28N2S. The number of nitrogens with zero attached hydrogens (tertiary/aromatic N) is 1. The van der Waals surface area contributed by atoms with Crippen molar-refractivity contribution in [1.82, 2.24) is 10.2 Å². The second-order valence-corrected chi connectivity index (χ2v) is 7.09. The molecular weight excluding hydrogens is 228 g/mol. The fraction of sp³-hybridized carbons (Fsp3) is 1.00. The molecule has 100 valence electrons. The van der Waals surface area contributed by atoms with Crippen molar-refractivity contribution in [3.63, 3.8) is 0 Å². The molecule has 2 nitrogen and oxygen atoms in total. The van der Waals surface area contributed by atoms with Gasteiger partial charge >= 0.3 is 0 Å². The fourth-order valence-electron chi connectivity index (χ4n) is 3.04. The van der Waals surface area contributed by atoms with Gasteiger partial charge in [0.1, 0.15) is 0 Å². The van der Waals surface area contributed by atoms with E-state index in [9.17, 15) is 0 Å². The lowest BCUT2D eigenvalue weighted by molar-refractivity contribution is 0.185. The summed E-state index contributed by atoms with van der Waals surface area (Å²) >= 11 is 2.12. The molecule has 0 aromatic heterocycles. The van der Waals surface area contributed by atoms with Gasteiger partial charge in [0.25, 0.3) is 0 Å². The van der Waals surface area contributed by atoms with Crippen LogP contribution in [0.1, 0.15) is 33.1 Å². The van der Waals surface area contributed by atoms with E-state index in [0.29, 0.717) is 0 Å². The monoisotopic (exact) mass is 256 g/mol. The van der Waals surface area contributed by atoms with Crippen molar-refractivity contribution < 1.29 is 0 Å². The highest BCUT2D eigenvalue weighted by Gasteiger charge is 2.24. The standard InChI is InChI=1S/C14H28N2S/c1-12(2)14(16-6-3-4-7-16)10-15-9-13-5-8-17-11-13/h12-15H,3-11H2,1-2H3. The van der Waals surface area contributed by atoms with Crippen LogP contribution in [0.4, 0.5) is 0 Å². The summed E-state index contributed by atoms with van der Waals surface area (Å²) in [6, 6.07) is 0.756. The van der Waals surface area contributed by atoms with Crippen LogP contribution < -0.4 is 5.32 Å². The molecule has 17 heavy (non-hydrogen) atoms. The SMILES string of the molecule is CC(C)C(CNCC1CCSC1)N1CCCC1. The van der Waals surface area contributed by atoms with Crippen LogP contribution in [-0.2, 0) is 0 Å². The minimum absolute atomic E-state index is 0.756. The first kappa shape index (κ1) is 13.7. The third-order valence-electron chi connectivity index (χ3n) is 4.19. The molecule has 2 rings (SSSR count). The lowest BCUT2D eigenvalue weighted by Gasteiger charge is -2.31. The van der Waals surface area contributed by atoms with Gasteiger partial charge in [-0.2, -0.15) is 11.8 Å². The van der Waals surface area contributed by atoms with Gasteiger partial charge in [-0.1, -0.05) is 13.8 Å². The Morgan fingerprint density at radius 2 is 2.06 bits per heavy atom. The zero-order valence-electron chi connectivity index (χ0n) is 11.5. The van der Waals surface area contributed by atoms with Crippen LogP contribution in [0.25, 0.3) is 0 Å². The molecule has 0 aromatic rings. The van der Waals surface area contributed by atoms with Crippen LogP contribution in [0.2, 0.25) is 0 Å². The van der Waals surface area contributed by atoms with Crippen LogP contribution in [0.3, 0.4) is 0 Å². The van der Waals surface area contributed by atoms with Crippen molar-refractivity contribution in [2.75, 3.05) is 37.7 Å². The molecule has 0 bridgehead atoms. The van der Waals surface area contributed by atoms with Crippen molar-refractivity contribution in [2.24, 2.45) is 11.8 Å². The van der Waals surface area contributed by atoms with E-state index in [4.69, 9.17) is 0 Å². The zero-order chi connectivity index (χ0) is 12.1. The van der Waals surface area contributed by atoms with E-state index in [-0.39, 0.29) is 0 Å². The summed E-state index contributed by atoms with van der Waals surface area (Å²) in [6.45, 7) is 9.82. The van der Waals surface area contributed by atoms with E-state index in [2.05, 4.69) is 35.8 Å². The van der Waals surface area contributed by atoms with E-state index in [0.717, 1.165) is 17.9 Å². The van der Waals surface area contributed by atoms with Crippen molar-refractivity contribution in [3.8, 4) is 0 Å². The first-order valence-electron chi connectivity index (χ1n) is 7.30. The van der Waals surface area contributed by atoms with E-state index >= 15 is 0 Å². The first-order valence-corrected chi connectivity index (χ1v) is 8.45. The van der Waals surface area contributed by atoms with Crippen LogP contribution in [0, 0.1) is 11.8 Å². The van der Waals surface area contributed by atoms with Gasteiger partial charge in [-0.15, -0.1) is 0 Å². The maximum atomic E-state index is 3.73. The molecule has 0 aliphatic carbocycles. The Morgan fingerprint density at radius 1 is 1.29 bits per heavy atom. The second kappa shape index (κ2) is 7.01. The molecule has 2 fully saturated rings. The number of hydrogen-bond acceptors (Lipinski definition) is 3. The Hall–Kier alpha value is 0.270. The summed E-state index contributed by atoms with van der Waals surface area (Å²) in [7, 11) is 0. The summed E-state index contributed by atoms with van der Waals surface area (Å²) in [5, 5.41) is 3.73. The molecule has 0 aromatic carbocycles. The van der Waals surface area contributed by atoms with Gasteiger partial charge in [-0.05, 0) is 62.2 Å². The zero-order valence-corrected chi connectivity index (χ0v) is 12.3. The molecule has 3 heteroatoms. The predicted molar refractivity (Wildman–Crippen MR) is 77.7 cm³/mol. The van der Waals surface area contributed by atoms with E-state index < -0.39 is 0 Å². The summed E-state index contributed by atoms with van der Waals surface area (Å²) in [4.78, 5) is 2.70. The largest absolute Gasteiger partial charge is 0.315 e. The highest BCUT2D eigenvalue weighted by Crippen LogP contribution is 2.23. The van der Waals surface area contributed by atoms with Gasteiger partial charge in [-0.25, -0.2) is 0 Å².